The van der Waals surface area contributed by atoms with E-state index >= 15 is 0 Å². The molecule has 1 N–H and O–H groups in total. The molecule has 0 saturated heterocycles. The fraction of sp³-hybridized carbons (Fsp3) is 0.300. The lowest BCUT2D eigenvalue weighted by Gasteiger charge is -1.94. The highest BCUT2D eigenvalue weighted by Crippen LogP contribution is 2.23. The van der Waals surface area contributed by atoms with Crippen LogP contribution in [0, 0.1) is 0 Å². The molecule has 0 fully saturated rings. The molecule has 74 valence electrons. The predicted molar refractivity (Wildman–Crippen MR) is 62.8 cm³/mol. The van der Waals surface area contributed by atoms with Crippen LogP contribution in [0.1, 0.15) is 11.9 Å². The standard InChI is InChI=1S/C10H12N2S2/c1-2-11-5-10-12-9(7-14-10)8-3-4-13-6-8/h3-4,6-7,11H,2,5H2,1H3. The van der Waals surface area contributed by atoms with E-state index in [1.165, 1.54) is 5.56 Å². The van der Waals surface area contributed by atoms with Crippen LogP contribution in [0.25, 0.3) is 11.3 Å². The van der Waals surface area contributed by atoms with Crippen LogP contribution >= 0.6 is 22.7 Å². The zero-order valence-electron chi connectivity index (χ0n) is 7.99. The van der Waals surface area contributed by atoms with Gasteiger partial charge in [-0.05, 0) is 18.0 Å². The second kappa shape index (κ2) is 4.68. The van der Waals surface area contributed by atoms with Gasteiger partial charge in [0.1, 0.15) is 5.01 Å². The largest absolute Gasteiger partial charge is 0.311 e. The molecule has 2 aromatic heterocycles. The van der Waals surface area contributed by atoms with Crippen LogP contribution in [-0.2, 0) is 6.54 Å². The molecule has 14 heavy (non-hydrogen) atoms. The van der Waals surface area contributed by atoms with Crippen LogP contribution in [0.3, 0.4) is 0 Å². The van der Waals surface area contributed by atoms with Crippen molar-refractivity contribution in [3.63, 3.8) is 0 Å². The summed E-state index contributed by atoms with van der Waals surface area (Å²) < 4.78 is 0. The van der Waals surface area contributed by atoms with Crippen molar-refractivity contribution in [2.75, 3.05) is 6.54 Å². The van der Waals surface area contributed by atoms with Gasteiger partial charge in [0.2, 0.25) is 0 Å². The first-order chi connectivity index (χ1) is 6.90. The molecular formula is C10H12N2S2. The molecule has 2 aromatic rings. The summed E-state index contributed by atoms with van der Waals surface area (Å²) in [5.41, 5.74) is 2.33. The number of rotatable bonds is 4. The summed E-state index contributed by atoms with van der Waals surface area (Å²) in [5, 5.41) is 10.8. The molecule has 2 rings (SSSR count). The highest BCUT2D eigenvalue weighted by atomic mass is 32.1. The van der Waals surface area contributed by atoms with Gasteiger partial charge in [0, 0.05) is 22.9 Å². The summed E-state index contributed by atoms with van der Waals surface area (Å²) in [6.45, 7) is 3.98. The van der Waals surface area contributed by atoms with Gasteiger partial charge in [0.25, 0.3) is 0 Å². The van der Waals surface area contributed by atoms with Crippen molar-refractivity contribution >= 4 is 22.7 Å². The predicted octanol–water partition coefficient (Wildman–Crippen LogP) is 2.98. The van der Waals surface area contributed by atoms with Crippen molar-refractivity contribution in [2.45, 2.75) is 13.5 Å². The Kier molecular flexibility index (Phi) is 3.29. The van der Waals surface area contributed by atoms with Crippen molar-refractivity contribution < 1.29 is 0 Å². The summed E-state index contributed by atoms with van der Waals surface area (Å²) >= 11 is 3.43. The maximum Gasteiger partial charge on any atom is 0.107 e. The van der Waals surface area contributed by atoms with E-state index in [4.69, 9.17) is 0 Å². The third kappa shape index (κ3) is 2.20. The molecule has 0 aliphatic rings. The monoisotopic (exact) mass is 224 g/mol. The first-order valence-electron chi connectivity index (χ1n) is 4.58. The average molecular weight is 224 g/mol. The molecule has 0 radical (unpaired) electrons. The maximum atomic E-state index is 4.55. The fourth-order valence-corrected chi connectivity index (χ4v) is 2.59. The van der Waals surface area contributed by atoms with Gasteiger partial charge in [-0.15, -0.1) is 11.3 Å². The molecule has 0 aliphatic heterocycles. The van der Waals surface area contributed by atoms with Crippen molar-refractivity contribution in [3.05, 3.63) is 27.2 Å². The Labute approximate surface area is 91.6 Å². The highest BCUT2D eigenvalue weighted by Gasteiger charge is 2.03. The molecule has 0 aliphatic carbocycles. The molecular weight excluding hydrogens is 212 g/mol. The molecule has 2 heterocycles. The Morgan fingerprint density at radius 3 is 3.07 bits per heavy atom. The highest BCUT2D eigenvalue weighted by molar-refractivity contribution is 7.10. The molecule has 0 saturated carbocycles. The van der Waals surface area contributed by atoms with Gasteiger partial charge < -0.3 is 5.32 Å². The van der Waals surface area contributed by atoms with Crippen molar-refractivity contribution in [1.29, 1.82) is 0 Å². The number of thiophene rings is 1. The lowest BCUT2D eigenvalue weighted by atomic mass is 10.3. The molecule has 0 spiro atoms. The van der Waals surface area contributed by atoms with Crippen molar-refractivity contribution in [2.24, 2.45) is 0 Å². The quantitative estimate of drug-likeness (QED) is 0.863. The molecule has 4 heteroatoms. The molecule has 2 nitrogen and oxygen atoms in total. The van der Waals surface area contributed by atoms with E-state index in [0.717, 1.165) is 23.8 Å². The van der Waals surface area contributed by atoms with E-state index in [1.807, 2.05) is 0 Å². The number of hydrogen-bond donors (Lipinski definition) is 1. The molecule has 0 aromatic carbocycles. The van der Waals surface area contributed by atoms with E-state index in [-0.39, 0.29) is 0 Å². The average Bonchev–Trinajstić information content (AvgIpc) is 2.85. The minimum Gasteiger partial charge on any atom is -0.311 e. The third-order valence-electron chi connectivity index (χ3n) is 1.89. The van der Waals surface area contributed by atoms with Crippen LogP contribution in [0.4, 0.5) is 0 Å². The molecule has 0 amide bonds. The van der Waals surface area contributed by atoms with Crippen LogP contribution in [0.15, 0.2) is 22.2 Å². The van der Waals surface area contributed by atoms with E-state index in [2.05, 4.69) is 39.4 Å². The number of hydrogen-bond acceptors (Lipinski definition) is 4. The van der Waals surface area contributed by atoms with Gasteiger partial charge in [-0.3, -0.25) is 0 Å². The van der Waals surface area contributed by atoms with E-state index in [9.17, 15) is 0 Å². The Morgan fingerprint density at radius 2 is 2.36 bits per heavy atom. The minimum absolute atomic E-state index is 0.880. The maximum absolute atomic E-state index is 4.55. The van der Waals surface area contributed by atoms with Crippen LogP contribution in [0.5, 0.6) is 0 Å². The molecule has 0 unspecified atom stereocenters. The van der Waals surface area contributed by atoms with Gasteiger partial charge >= 0.3 is 0 Å². The van der Waals surface area contributed by atoms with Gasteiger partial charge in [-0.1, -0.05) is 6.92 Å². The third-order valence-corrected chi connectivity index (χ3v) is 3.43. The Bertz CT molecular complexity index is 378. The van der Waals surface area contributed by atoms with Crippen molar-refractivity contribution in [3.8, 4) is 11.3 Å². The van der Waals surface area contributed by atoms with E-state index in [0.29, 0.717) is 0 Å². The van der Waals surface area contributed by atoms with Crippen molar-refractivity contribution in [1.82, 2.24) is 10.3 Å². The Balaban J connectivity index is 2.10. The van der Waals surface area contributed by atoms with Crippen LogP contribution in [-0.4, -0.2) is 11.5 Å². The summed E-state index contributed by atoms with van der Waals surface area (Å²) in [6, 6.07) is 2.11. The van der Waals surface area contributed by atoms with Crippen LogP contribution < -0.4 is 5.32 Å². The first kappa shape index (κ1) is 9.83. The topological polar surface area (TPSA) is 24.9 Å². The molecule has 0 bridgehead atoms. The molecule has 0 atom stereocenters. The van der Waals surface area contributed by atoms with Gasteiger partial charge in [0.15, 0.2) is 0 Å². The lowest BCUT2D eigenvalue weighted by Crippen LogP contribution is -2.11. The summed E-state index contributed by atoms with van der Waals surface area (Å²) in [6.07, 6.45) is 0. The number of thiazole rings is 1. The fourth-order valence-electron chi connectivity index (χ4n) is 1.17. The number of nitrogens with one attached hydrogen (secondary N) is 1. The SMILES string of the molecule is CCNCc1nc(-c2ccsc2)cs1. The second-order valence-corrected chi connectivity index (χ2v) is 4.64. The summed E-state index contributed by atoms with van der Waals surface area (Å²) in [7, 11) is 0. The van der Waals surface area contributed by atoms with E-state index < -0.39 is 0 Å². The lowest BCUT2D eigenvalue weighted by molar-refractivity contribution is 0.723. The van der Waals surface area contributed by atoms with Gasteiger partial charge in [-0.25, -0.2) is 4.98 Å². The van der Waals surface area contributed by atoms with Crippen LogP contribution in [0.2, 0.25) is 0 Å². The van der Waals surface area contributed by atoms with Gasteiger partial charge in [-0.2, -0.15) is 11.3 Å². The second-order valence-electron chi connectivity index (χ2n) is 2.92. The summed E-state index contributed by atoms with van der Waals surface area (Å²) in [4.78, 5) is 4.55. The Morgan fingerprint density at radius 1 is 1.43 bits per heavy atom. The normalized spacial score (nSPS) is 10.6. The zero-order chi connectivity index (χ0) is 9.80. The first-order valence-corrected chi connectivity index (χ1v) is 6.40. The smallest absolute Gasteiger partial charge is 0.107 e. The summed E-state index contributed by atoms with van der Waals surface area (Å²) in [5.74, 6) is 0. The number of nitrogens with zero attached hydrogens (tertiary/aromatic N) is 1. The number of aromatic nitrogens is 1. The minimum atomic E-state index is 0.880. The zero-order valence-corrected chi connectivity index (χ0v) is 9.62. The van der Waals surface area contributed by atoms with Gasteiger partial charge in [0.05, 0.1) is 5.69 Å². The van der Waals surface area contributed by atoms with E-state index in [1.54, 1.807) is 22.7 Å². The Hall–Kier alpha value is -0.710.